The SMILES string of the molecule is O=C(Nc1c(F)cccc1N1CCCC1)c1ncn(-c2ccccc2)n1. The summed E-state index contributed by atoms with van der Waals surface area (Å²) in [5, 5.41) is 6.83. The lowest BCUT2D eigenvalue weighted by Crippen LogP contribution is -2.22. The molecule has 1 aliphatic rings. The summed E-state index contributed by atoms with van der Waals surface area (Å²) in [5.41, 5.74) is 1.66. The molecule has 0 atom stereocenters. The van der Waals surface area contributed by atoms with Crippen molar-refractivity contribution in [1.82, 2.24) is 14.8 Å². The average Bonchev–Trinajstić information content (AvgIpc) is 3.36. The van der Waals surface area contributed by atoms with E-state index in [1.807, 2.05) is 36.4 Å². The molecule has 1 amide bonds. The van der Waals surface area contributed by atoms with Gasteiger partial charge in [-0.15, -0.1) is 5.10 Å². The molecule has 7 heteroatoms. The van der Waals surface area contributed by atoms with E-state index in [-0.39, 0.29) is 11.5 Å². The lowest BCUT2D eigenvalue weighted by molar-refractivity contribution is 0.101. The summed E-state index contributed by atoms with van der Waals surface area (Å²) in [7, 11) is 0. The molecule has 3 aromatic rings. The van der Waals surface area contributed by atoms with Gasteiger partial charge in [-0.3, -0.25) is 4.79 Å². The van der Waals surface area contributed by atoms with Gasteiger partial charge in [-0.25, -0.2) is 14.1 Å². The van der Waals surface area contributed by atoms with Gasteiger partial charge < -0.3 is 10.2 Å². The van der Waals surface area contributed by atoms with Crippen LogP contribution in [0, 0.1) is 5.82 Å². The van der Waals surface area contributed by atoms with Crippen LogP contribution in [0.25, 0.3) is 5.69 Å². The fraction of sp³-hybridized carbons (Fsp3) is 0.211. The molecule has 4 rings (SSSR count). The van der Waals surface area contributed by atoms with E-state index in [0.29, 0.717) is 5.69 Å². The van der Waals surface area contributed by atoms with Crippen molar-refractivity contribution in [2.24, 2.45) is 0 Å². The van der Waals surface area contributed by atoms with E-state index in [0.717, 1.165) is 31.6 Å². The van der Waals surface area contributed by atoms with Crippen molar-refractivity contribution < 1.29 is 9.18 Å². The normalized spacial score (nSPS) is 13.8. The standard InChI is InChI=1S/C19H18FN5O/c20-15-9-6-10-16(24-11-4-5-12-24)17(15)22-19(26)18-21-13-25(23-18)14-7-2-1-3-8-14/h1-3,6-10,13H,4-5,11-12H2,(H,22,26). The van der Waals surface area contributed by atoms with Crippen LogP contribution in [-0.4, -0.2) is 33.8 Å². The molecule has 0 aliphatic carbocycles. The number of amides is 1. The molecule has 1 fully saturated rings. The van der Waals surface area contributed by atoms with Gasteiger partial charge in [0, 0.05) is 13.1 Å². The first-order valence-electron chi connectivity index (χ1n) is 8.54. The van der Waals surface area contributed by atoms with Crippen LogP contribution < -0.4 is 10.2 Å². The number of hydrogen-bond acceptors (Lipinski definition) is 4. The van der Waals surface area contributed by atoms with E-state index in [9.17, 15) is 9.18 Å². The molecule has 132 valence electrons. The summed E-state index contributed by atoms with van der Waals surface area (Å²) in [5.74, 6) is -1.01. The monoisotopic (exact) mass is 351 g/mol. The van der Waals surface area contributed by atoms with E-state index in [2.05, 4.69) is 20.3 Å². The van der Waals surface area contributed by atoms with Gasteiger partial charge in [0.15, 0.2) is 0 Å². The fourth-order valence-corrected chi connectivity index (χ4v) is 3.10. The first-order valence-corrected chi connectivity index (χ1v) is 8.54. The van der Waals surface area contributed by atoms with Gasteiger partial charge >= 0.3 is 0 Å². The van der Waals surface area contributed by atoms with Crippen LogP contribution in [0.3, 0.4) is 0 Å². The highest BCUT2D eigenvalue weighted by Gasteiger charge is 2.21. The molecule has 1 aromatic heterocycles. The Balaban J connectivity index is 1.58. The Hall–Kier alpha value is -3.22. The van der Waals surface area contributed by atoms with Crippen LogP contribution in [0.4, 0.5) is 15.8 Å². The maximum Gasteiger partial charge on any atom is 0.295 e. The first kappa shape index (κ1) is 16.3. The quantitative estimate of drug-likeness (QED) is 0.784. The highest BCUT2D eigenvalue weighted by Crippen LogP contribution is 2.31. The maximum atomic E-state index is 14.4. The molecule has 0 unspecified atom stereocenters. The number of halogens is 1. The smallest absolute Gasteiger partial charge is 0.295 e. The average molecular weight is 351 g/mol. The van der Waals surface area contributed by atoms with Gasteiger partial charge in [-0.05, 0) is 37.1 Å². The second-order valence-electron chi connectivity index (χ2n) is 6.13. The van der Waals surface area contributed by atoms with Crippen LogP contribution >= 0.6 is 0 Å². The summed E-state index contributed by atoms with van der Waals surface area (Å²) in [4.78, 5) is 18.7. The van der Waals surface area contributed by atoms with E-state index in [1.54, 1.807) is 6.07 Å². The third-order valence-electron chi connectivity index (χ3n) is 4.39. The lowest BCUT2D eigenvalue weighted by atomic mass is 10.2. The van der Waals surface area contributed by atoms with Crippen molar-refractivity contribution in [3.05, 3.63) is 66.5 Å². The minimum absolute atomic E-state index is 0.00974. The molecule has 2 aromatic carbocycles. The third-order valence-corrected chi connectivity index (χ3v) is 4.39. The van der Waals surface area contributed by atoms with Crippen LogP contribution in [0.2, 0.25) is 0 Å². The Morgan fingerprint density at radius 1 is 1.04 bits per heavy atom. The molecule has 0 saturated carbocycles. The minimum Gasteiger partial charge on any atom is -0.370 e. The van der Waals surface area contributed by atoms with E-state index >= 15 is 0 Å². The number of benzene rings is 2. The van der Waals surface area contributed by atoms with Gasteiger partial charge in [0.2, 0.25) is 5.82 Å². The fourth-order valence-electron chi connectivity index (χ4n) is 3.10. The summed E-state index contributed by atoms with van der Waals surface area (Å²) < 4.78 is 15.9. The summed E-state index contributed by atoms with van der Waals surface area (Å²) >= 11 is 0. The Kier molecular flexibility index (Phi) is 4.35. The number of para-hydroxylation sites is 2. The van der Waals surface area contributed by atoms with Crippen LogP contribution in [0.15, 0.2) is 54.9 Å². The zero-order chi connectivity index (χ0) is 17.9. The number of nitrogens with one attached hydrogen (secondary N) is 1. The molecular formula is C19H18FN5O. The predicted molar refractivity (Wildman–Crippen MR) is 97.2 cm³/mol. The third kappa shape index (κ3) is 3.15. The zero-order valence-corrected chi connectivity index (χ0v) is 14.1. The number of nitrogens with zero attached hydrogens (tertiary/aromatic N) is 4. The largest absolute Gasteiger partial charge is 0.370 e. The molecule has 1 saturated heterocycles. The zero-order valence-electron chi connectivity index (χ0n) is 14.1. The first-order chi connectivity index (χ1) is 12.7. The maximum absolute atomic E-state index is 14.4. The van der Waals surface area contributed by atoms with Gasteiger partial charge in [-0.1, -0.05) is 24.3 Å². The Morgan fingerprint density at radius 2 is 1.81 bits per heavy atom. The van der Waals surface area contributed by atoms with Crippen molar-refractivity contribution >= 4 is 17.3 Å². The minimum atomic E-state index is -0.537. The van der Waals surface area contributed by atoms with Crippen LogP contribution in [-0.2, 0) is 0 Å². The number of aromatic nitrogens is 3. The van der Waals surface area contributed by atoms with Gasteiger partial charge in [0.05, 0.1) is 11.4 Å². The van der Waals surface area contributed by atoms with E-state index in [1.165, 1.54) is 17.1 Å². The summed E-state index contributed by atoms with van der Waals surface area (Å²) in [6, 6.07) is 14.2. The molecule has 26 heavy (non-hydrogen) atoms. The predicted octanol–water partition coefficient (Wildman–Crippen LogP) is 3.26. The molecule has 0 radical (unpaired) electrons. The van der Waals surface area contributed by atoms with Crippen molar-refractivity contribution in [1.29, 1.82) is 0 Å². The van der Waals surface area contributed by atoms with Crippen LogP contribution in [0.1, 0.15) is 23.5 Å². The molecule has 6 nitrogen and oxygen atoms in total. The topological polar surface area (TPSA) is 63.1 Å². The molecule has 2 heterocycles. The second-order valence-corrected chi connectivity index (χ2v) is 6.13. The number of anilines is 2. The van der Waals surface area contributed by atoms with Gasteiger partial charge in [0.25, 0.3) is 5.91 Å². The Bertz CT molecular complexity index is 919. The molecule has 0 spiro atoms. The Morgan fingerprint density at radius 3 is 2.58 bits per heavy atom. The molecule has 1 aliphatic heterocycles. The summed E-state index contributed by atoms with van der Waals surface area (Å²) in [6.07, 6.45) is 3.59. The number of carbonyl (C=O) groups excluding carboxylic acids is 1. The van der Waals surface area contributed by atoms with Gasteiger partial charge in [-0.2, -0.15) is 0 Å². The number of carbonyl (C=O) groups is 1. The van der Waals surface area contributed by atoms with Crippen molar-refractivity contribution in [3.8, 4) is 5.69 Å². The highest BCUT2D eigenvalue weighted by molar-refractivity contribution is 6.03. The summed E-state index contributed by atoms with van der Waals surface area (Å²) in [6.45, 7) is 1.71. The molecule has 0 bridgehead atoms. The lowest BCUT2D eigenvalue weighted by Gasteiger charge is -2.21. The second kappa shape index (κ2) is 6.95. The van der Waals surface area contributed by atoms with Crippen molar-refractivity contribution in [2.75, 3.05) is 23.3 Å². The van der Waals surface area contributed by atoms with Crippen molar-refractivity contribution in [2.45, 2.75) is 12.8 Å². The van der Waals surface area contributed by atoms with Crippen molar-refractivity contribution in [3.63, 3.8) is 0 Å². The Labute approximate surface area is 150 Å². The van der Waals surface area contributed by atoms with Gasteiger partial charge in [0.1, 0.15) is 17.8 Å². The molecular weight excluding hydrogens is 333 g/mol. The number of rotatable bonds is 4. The molecule has 1 N–H and O–H groups in total. The number of hydrogen-bond donors (Lipinski definition) is 1. The van der Waals surface area contributed by atoms with E-state index in [4.69, 9.17) is 0 Å². The van der Waals surface area contributed by atoms with Crippen LogP contribution in [0.5, 0.6) is 0 Å². The van der Waals surface area contributed by atoms with E-state index < -0.39 is 11.7 Å². The highest BCUT2D eigenvalue weighted by atomic mass is 19.1.